The van der Waals surface area contributed by atoms with Crippen molar-refractivity contribution >= 4 is 45.8 Å². The van der Waals surface area contributed by atoms with Gasteiger partial charge in [0, 0.05) is 43.4 Å². The van der Waals surface area contributed by atoms with Gasteiger partial charge in [0.25, 0.3) is 0 Å². The molecule has 0 saturated heterocycles. The van der Waals surface area contributed by atoms with Crippen LogP contribution in [0.2, 0.25) is 0 Å². The number of unbranched alkanes of at least 4 members (excludes halogenated alkanes) is 3. The molecule has 150 valence electrons. The number of alkyl halides is 2. The number of aryl methyl sites for hydroxylation is 1. The lowest BCUT2D eigenvalue weighted by Crippen LogP contribution is -2.27. The second-order valence-electron chi connectivity index (χ2n) is 6.32. The second-order valence-corrected chi connectivity index (χ2v) is 7.08. The second kappa shape index (κ2) is 11.3. The van der Waals surface area contributed by atoms with Gasteiger partial charge in [-0.3, -0.25) is 10.0 Å². The molecule has 0 bridgehead atoms. The standard InChI is InChI=1S/C18H25Cl2FN4O2/c19-7-9-25(10-8-20)13-11-14(21)18-15(12-13)22-16(23-18)5-3-1-2-4-6-17(26)24-27/h11-12,27H,1-10H2,(H,22,23)(H,24,26). The van der Waals surface area contributed by atoms with Crippen LogP contribution in [0.1, 0.15) is 37.9 Å². The van der Waals surface area contributed by atoms with Crippen molar-refractivity contribution in [2.24, 2.45) is 0 Å². The SMILES string of the molecule is O=C(CCCCCCc1nc2c(F)cc(N(CCCl)CCCl)cc2[nH]1)NO. The molecule has 0 aliphatic heterocycles. The third-order valence-electron chi connectivity index (χ3n) is 4.34. The lowest BCUT2D eigenvalue weighted by atomic mass is 10.1. The Bertz CT molecular complexity index is 735. The van der Waals surface area contributed by atoms with Gasteiger partial charge in [0.2, 0.25) is 5.91 Å². The molecule has 6 nitrogen and oxygen atoms in total. The molecule has 1 aromatic heterocycles. The summed E-state index contributed by atoms with van der Waals surface area (Å²) < 4.78 is 14.5. The first kappa shape index (κ1) is 21.7. The van der Waals surface area contributed by atoms with Gasteiger partial charge in [-0.15, -0.1) is 23.2 Å². The number of aromatic nitrogens is 2. The zero-order valence-electron chi connectivity index (χ0n) is 15.1. The first-order valence-electron chi connectivity index (χ1n) is 9.07. The highest BCUT2D eigenvalue weighted by Crippen LogP contribution is 2.25. The highest BCUT2D eigenvalue weighted by atomic mass is 35.5. The fraction of sp³-hybridized carbons (Fsp3) is 0.556. The van der Waals surface area contributed by atoms with Crippen molar-refractivity contribution in [3.05, 3.63) is 23.8 Å². The Morgan fingerprint density at radius 2 is 1.89 bits per heavy atom. The topological polar surface area (TPSA) is 81.2 Å². The van der Waals surface area contributed by atoms with Crippen LogP contribution >= 0.6 is 23.2 Å². The molecule has 2 aromatic rings. The maximum absolute atomic E-state index is 14.5. The zero-order chi connectivity index (χ0) is 19.6. The largest absolute Gasteiger partial charge is 0.369 e. The Morgan fingerprint density at radius 1 is 1.19 bits per heavy atom. The van der Waals surface area contributed by atoms with Crippen molar-refractivity contribution in [3.63, 3.8) is 0 Å². The predicted octanol–water partition coefficient (Wildman–Crippen LogP) is 3.98. The zero-order valence-corrected chi connectivity index (χ0v) is 16.6. The number of hydroxylamine groups is 1. The van der Waals surface area contributed by atoms with Crippen LogP contribution in [0.4, 0.5) is 10.1 Å². The summed E-state index contributed by atoms with van der Waals surface area (Å²) in [4.78, 5) is 20.4. The van der Waals surface area contributed by atoms with Crippen LogP contribution in [-0.4, -0.2) is 45.9 Å². The number of hydrogen-bond donors (Lipinski definition) is 3. The van der Waals surface area contributed by atoms with Crippen molar-refractivity contribution in [2.75, 3.05) is 29.7 Å². The summed E-state index contributed by atoms with van der Waals surface area (Å²) in [6.07, 6.45) is 4.46. The molecule has 0 radical (unpaired) electrons. The maximum Gasteiger partial charge on any atom is 0.243 e. The Balaban J connectivity index is 1.95. The van der Waals surface area contributed by atoms with E-state index in [1.165, 1.54) is 6.07 Å². The van der Waals surface area contributed by atoms with Crippen LogP contribution in [0.15, 0.2) is 12.1 Å². The van der Waals surface area contributed by atoms with E-state index in [0.29, 0.717) is 48.7 Å². The normalized spacial score (nSPS) is 11.1. The summed E-state index contributed by atoms with van der Waals surface area (Å²) in [6, 6.07) is 3.35. The van der Waals surface area contributed by atoms with Crippen LogP contribution in [0.25, 0.3) is 11.0 Å². The first-order chi connectivity index (χ1) is 13.1. The maximum atomic E-state index is 14.5. The quantitative estimate of drug-likeness (QED) is 0.210. The molecular formula is C18H25Cl2FN4O2. The predicted molar refractivity (Wildman–Crippen MR) is 106 cm³/mol. The molecule has 2 rings (SSSR count). The number of halogens is 3. The third-order valence-corrected chi connectivity index (χ3v) is 4.68. The minimum Gasteiger partial charge on any atom is -0.369 e. The fourth-order valence-corrected chi connectivity index (χ4v) is 3.38. The van der Waals surface area contributed by atoms with Gasteiger partial charge in [-0.05, 0) is 25.0 Å². The van der Waals surface area contributed by atoms with Crippen molar-refractivity contribution in [1.29, 1.82) is 0 Å². The van der Waals surface area contributed by atoms with E-state index in [4.69, 9.17) is 28.4 Å². The minimum absolute atomic E-state index is 0.316. The van der Waals surface area contributed by atoms with E-state index >= 15 is 0 Å². The molecule has 9 heteroatoms. The molecule has 3 N–H and O–H groups in total. The molecule has 0 atom stereocenters. The Morgan fingerprint density at radius 3 is 2.56 bits per heavy atom. The molecule has 1 amide bonds. The Labute approximate surface area is 168 Å². The summed E-state index contributed by atoms with van der Waals surface area (Å²) >= 11 is 11.7. The number of nitrogens with zero attached hydrogens (tertiary/aromatic N) is 2. The molecular weight excluding hydrogens is 394 g/mol. The van der Waals surface area contributed by atoms with E-state index in [1.54, 1.807) is 5.48 Å². The van der Waals surface area contributed by atoms with Gasteiger partial charge in [0.15, 0.2) is 5.82 Å². The van der Waals surface area contributed by atoms with Crippen LogP contribution in [-0.2, 0) is 11.2 Å². The summed E-state index contributed by atoms with van der Waals surface area (Å²) in [5.74, 6) is 0.885. The van der Waals surface area contributed by atoms with E-state index < -0.39 is 0 Å². The van der Waals surface area contributed by atoms with Crippen LogP contribution in [0.5, 0.6) is 0 Å². The van der Waals surface area contributed by atoms with Crippen molar-refractivity contribution in [3.8, 4) is 0 Å². The molecule has 0 aliphatic carbocycles. The van der Waals surface area contributed by atoms with Crippen molar-refractivity contribution in [1.82, 2.24) is 15.4 Å². The third kappa shape index (κ3) is 6.52. The minimum atomic E-state index is -0.367. The van der Waals surface area contributed by atoms with E-state index in [9.17, 15) is 9.18 Å². The monoisotopic (exact) mass is 418 g/mol. The Hall–Kier alpha value is -1.57. The number of imidazole rings is 1. The van der Waals surface area contributed by atoms with Crippen molar-refractivity contribution < 1.29 is 14.4 Å². The summed E-state index contributed by atoms with van der Waals surface area (Å²) in [7, 11) is 0. The molecule has 0 spiro atoms. The molecule has 1 aromatic carbocycles. The fourth-order valence-electron chi connectivity index (χ4n) is 2.97. The lowest BCUT2D eigenvalue weighted by molar-refractivity contribution is -0.129. The van der Waals surface area contributed by atoms with Gasteiger partial charge in [0.05, 0.1) is 5.52 Å². The van der Waals surface area contributed by atoms with Gasteiger partial charge in [-0.1, -0.05) is 12.8 Å². The van der Waals surface area contributed by atoms with Gasteiger partial charge >= 0.3 is 0 Å². The van der Waals surface area contributed by atoms with Gasteiger partial charge < -0.3 is 9.88 Å². The number of hydrogen-bond acceptors (Lipinski definition) is 4. The number of aromatic amines is 1. The van der Waals surface area contributed by atoms with Gasteiger partial charge in [-0.25, -0.2) is 14.9 Å². The van der Waals surface area contributed by atoms with Crippen LogP contribution < -0.4 is 10.4 Å². The number of amides is 1. The van der Waals surface area contributed by atoms with Crippen LogP contribution in [0.3, 0.4) is 0 Å². The summed E-state index contributed by atoms with van der Waals surface area (Å²) in [6.45, 7) is 1.18. The molecule has 0 aliphatic rings. The number of carbonyl (C=O) groups is 1. The van der Waals surface area contributed by atoms with Gasteiger partial charge in [-0.2, -0.15) is 0 Å². The van der Waals surface area contributed by atoms with Crippen LogP contribution in [0, 0.1) is 5.82 Å². The molecule has 0 saturated carbocycles. The summed E-state index contributed by atoms with van der Waals surface area (Å²) in [5.41, 5.74) is 3.36. The van der Waals surface area contributed by atoms with E-state index in [1.807, 2.05) is 11.0 Å². The van der Waals surface area contributed by atoms with E-state index in [2.05, 4.69) is 9.97 Å². The Kier molecular flexibility index (Phi) is 9.10. The molecule has 27 heavy (non-hydrogen) atoms. The first-order valence-corrected chi connectivity index (χ1v) is 10.1. The number of benzene rings is 1. The molecule has 1 heterocycles. The average molecular weight is 419 g/mol. The molecule has 0 unspecified atom stereocenters. The number of fused-ring (bicyclic) bond motifs is 1. The lowest BCUT2D eigenvalue weighted by Gasteiger charge is -2.22. The number of H-pyrrole nitrogens is 1. The van der Waals surface area contributed by atoms with E-state index in [-0.39, 0.29) is 11.7 Å². The summed E-state index contributed by atoms with van der Waals surface area (Å²) in [5, 5.41) is 8.43. The highest BCUT2D eigenvalue weighted by Gasteiger charge is 2.13. The average Bonchev–Trinajstić information content (AvgIpc) is 3.07. The van der Waals surface area contributed by atoms with Gasteiger partial charge in [0.1, 0.15) is 11.3 Å². The van der Waals surface area contributed by atoms with Crippen molar-refractivity contribution in [2.45, 2.75) is 38.5 Å². The highest BCUT2D eigenvalue weighted by molar-refractivity contribution is 6.18. The number of anilines is 1. The smallest absolute Gasteiger partial charge is 0.243 e. The number of carbonyl (C=O) groups excluding carboxylic acids is 1. The number of nitrogens with one attached hydrogen (secondary N) is 2. The number of rotatable bonds is 12. The molecule has 0 fully saturated rings. The van der Waals surface area contributed by atoms with E-state index in [0.717, 1.165) is 37.2 Å².